The molecule has 1 rings (SSSR count). The van der Waals surface area contributed by atoms with E-state index in [4.69, 9.17) is 19.4 Å². The van der Waals surface area contributed by atoms with E-state index < -0.39 is 13.5 Å². The molecule has 14 heavy (non-hydrogen) atoms. The van der Waals surface area contributed by atoms with Crippen molar-refractivity contribution in [2.75, 3.05) is 0 Å². The zero-order valence-corrected chi connectivity index (χ0v) is 12.0. The van der Waals surface area contributed by atoms with Gasteiger partial charge in [-0.15, -0.1) is 0 Å². The molecule has 1 aromatic carbocycles. The summed E-state index contributed by atoms with van der Waals surface area (Å²) in [4.78, 5) is 1.27. The van der Waals surface area contributed by atoms with Crippen molar-refractivity contribution in [1.82, 2.24) is 0 Å². The van der Waals surface area contributed by atoms with Gasteiger partial charge in [-0.05, 0) is 0 Å². The first kappa shape index (κ1) is 12.7. The zero-order chi connectivity index (χ0) is 10.6. The Kier molecular flexibility index (Phi) is 5.70. The summed E-state index contributed by atoms with van der Waals surface area (Å²) in [7, 11) is 11.7. The third-order valence-electron chi connectivity index (χ3n) is 1.47. The van der Waals surface area contributed by atoms with Crippen molar-refractivity contribution in [3.05, 3.63) is 29.8 Å². The van der Waals surface area contributed by atoms with Crippen molar-refractivity contribution in [3.8, 4) is 0 Å². The van der Waals surface area contributed by atoms with E-state index in [1.54, 1.807) is 0 Å². The Morgan fingerprint density at radius 3 is 2.50 bits per heavy atom. The van der Waals surface area contributed by atoms with Crippen LogP contribution in [0.25, 0.3) is 0 Å². The van der Waals surface area contributed by atoms with Gasteiger partial charge in [0.1, 0.15) is 0 Å². The summed E-state index contributed by atoms with van der Waals surface area (Å²) in [5.41, 5.74) is 1.18. The predicted octanol–water partition coefficient (Wildman–Crippen LogP) is 4.26. The van der Waals surface area contributed by atoms with E-state index in [9.17, 15) is 0 Å². The van der Waals surface area contributed by atoms with Crippen LogP contribution in [0.2, 0.25) is 0 Å². The summed E-state index contributed by atoms with van der Waals surface area (Å²) >= 11 is 0.138. The number of hydrogen-bond acceptors (Lipinski definition) is 1. The molecule has 0 spiro atoms. The molecule has 1 aromatic rings. The minimum atomic E-state index is -1.70. The van der Waals surface area contributed by atoms with Gasteiger partial charge in [0, 0.05) is 0 Å². The van der Waals surface area contributed by atoms with Crippen LogP contribution < -0.4 is 0 Å². The Hall–Kier alpha value is 0.643. The Labute approximate surface area is 102 Å². The minimum absolute atomic E-state index is 0.579. The molecule has 0 aliphatic carbocycles. The zero-order valence-electron chi connectivity index (χ0n) is 7.98. The quantitative estimate of drug-likeness (QED) is 0.587. The van der Waals surface area contributed by atoms with E-state index in [1.807, 2.05) is 28.5 Å². The number of hydrogen-bond donors (Lipinski definition) is 0. The number of thioether (sulfide) groups is 1. The summed E-state index contributed by atoms with van der Waals surface area (Å²) in [6.45, 7) is 4.36. The van der Waals surface area contributed by atoms with Gasteiger partial charge in [0.05, 0.1) is 0 Å². The Morgan fingerprint density at radius 1 is 1.29 bits per heavy atom. The van der Waals surface area contributed by atoms with Gasteiger partial charge >= 0.3 is 103 Å². The van der Waals surface area contributed by atoms with Gasteiger partial charge in [0.15, 0.2) is 0 Å². The van der Waals surface area contributed by atoms with Crippen LogP contribution >= 0.6 is 31.1 Å². The normalized spacial score (nSPS) is 11.6. The van der Waals surface area contributed by atoms with E-state index in [-0.39, 0.29) is 0 Å². The molecule has 0 N–H and O–H groups in total. The van der Waals surface area contributed by atoms with Crippen LogP contribution in [0.1, 0.15) is 19.4 Å². The Balaban J connectivity index is 2.97. The maximum atomic E-state index is 5.86. The first-order valence-corrected chi connectivity index (χ1v) is 10.5. The van der Waals surface area contributed by atoms with Crippen LogP contribution in [-0.4, -0.2) is 9.86 Å². The molecule has 0 aromatic heterocycles. The Bertz CT molecular complexity index is 333. The molecule has 0 saturated heterocycles. The fourth-order valence-corrected chi connectivity index (χ4v) is 3.93. The fourth-order valence-electron chi connectivity index (χ4n) is 1.01. The summed E-state index contributed by atoms with van der Waals surface area (Å²) in [6.07, 6.45) is 0. The van der Waals surface area contributed by atoms with E-state index in [2.05, 4.69) is 26.0 Å². The van der Waals surface area contributed by atoms with Gasteiger partial charge in [-0.25, -0.2) is 0 Å². The second kappa shape index (κ2) is 6.27. The van der Waals surface area contributed by atoms with Gasteiger partial charge in [0.2, 0.25) is 0 Å². The molecule has 0 nitrogen and oxygen atoms in total. The van der Waals surface area contributed by atoms with E-state index >= 15 is 0 Å². The van der Waals surface area contributed by atoms with Crippen LogP contribution in [-0.2, 0) is 13.5 Å². The molecule has 0 aliphatic heterocycles. The van der Waals surface area contributed by atoms with Crippen LogP contribution in [0.15, 0.2) is 29.2 Å². The average molecular weight is 336 g/mol. The van der Waals surface area contributed by atoms with Crippen molar-refractivity contribution in [3.63, 3.8) is 0 Å². The summed E-state index contributed by atoms with van der Waals surface area (Å²) < 4.78 is 2.00. The third kappa shape index (κ3) is 4.44. The number of rotatable bonds is 3. The summed E-state index contributed by atoms with van der Waals surface area (Å²) in [6, 6.07) is 8.24. The molecule has 80 valence electrons. The molecule has 0 unspecified atom stereocenters. The van der Waals surface area contributed by atoms with Crippen molar-refractivity contribution >= 4 is 35.8 Å². The first-order chi connectivity index (χ1) is 6.59. The standard InChI is InChI=1S/C10H12S.2ClH.Ru/c1-8(2)11-10-7-5-4-6-9(10)3;;;/h3-8H,1-2H3;2*1H;/q;;;+2/p-2. The molecule has 0 amide bonds. The van der Waals surface area contributed by atoms with Gasteiger partial charge in [-0.3, -0.25) is 0 Å². The SMILES string of the molecule is CC(C)Sc1ccccc1[CH]=[Ru]([Cl])[Cl]. The molecule has 0 saturated carbocycles. The second-order valence-corrected chi connectivity index (χ2v) is 10.4. The molecule has 0 radical (unpaired) electrons. The van der Waals surface area contributed by atoms with Crippen LogP contribution in [0, 0.1) is 0 Å². The van der Waals surface area contributed by atoms with Gasteiger partial charge in [-0.2, -0.15) is 0 Å². The molecule has 0 bridgehead atoms. The van der Waals surface area contributed by atoms with Crippen molar-refractivity contribution in [2.45, 2.75) is 24.0 Å². The monoisotopic (exact) mass is 336 g/mol. The maximum absolute atomic E-state index is 5.86. The third-order valence-corrected chi connectivity index (χ3v) is 4.40. The summed E-state index contributed by atoms with van der Waals surface area (Å²) in [5, 5.41) is 0.579. The van der Waals surface area contributed by atoms with Crippen molar-refractivity contribution < 1.29 is 13.5 Å². The van der Waals surface area contributed by atoms with E-state index in [0.717, 1.165) is 0 Å². The second-order valence-electron chi connectivity index (χ2n) is 3.01. The average Bonchev–Trinajstić information content (AvgIpc) is 2.06. The molecular formula is C10H12Cl2RuS. The molecule has 0 fully saturated rings. The molecular weight excluding hydrogens is 324 g/mol. The van der Waals surface area contributed by atoms with Gasteiger partial charge in [0.25, 0.3) is 0 Å². The van der Waals surface area contributed by atoms with Crippen LogP contribution in [0.4, 0.5) is 0 Å². The van der Waals surface area contributed by atoms with Crippen molar-refractivity contribution in [2.24, 2.45) is 0 Å². The molecule has 4 heteroatoms. The van der Waals surface area contributed by atoms with E-state index in [1.165, 1.54) is 10.5 Å². The van der Waals surface area contributed by atoms with Crippen LogP contribution in [0.3, 0.4) is 0 Å². The molecule has 0 aliphatic rings. The first-order valence-electron chi connectivity index (χ1n) is 4.18. The molecule has 0 atom stereocenters. The Morgan fingerprint density at radius 2 is 1.93 bits per heavy atom. The van der Waals surface area contributed by atoms with Crippen molar-refractivity contribution in [1.29, 1.82) is 0 Å². The van der Waals surface area contributed by atoms with Gasteiger partial charge in [-0.1, -0.05) is 0 Å². The fraction of sp³-hybridized carbons (Fsp3) is 0.300. The van der Waals surface area contributed by atoms with E-state index in [0.29, 0.717) is 5.25 Å². The number of benzene rings is 1. The predicted molar refractivity (Wildman–Crippen MR) is 64.3 cm³/mol. The van der Waals surface area contributed by atoms with Gasteiger partial charge < -0.3 is 0 Å². The topological polar surface area (TPSA) is 0 Å². The molecule has 0 heterocycles. The van der Waals surface area contributed by atoms with Crippen LogP contribution in [0.5, 0.6) is 0 Å². The summed E-state index contributed by atoms with van der Waals surface area (Å²) in [5.74, 6) is 0. The number of halogens is 2.